The SMILES string of the molecule is COc1cc(-c2cc(O)c(-c3ccc(OC4C[C@]5(C)CCC[C@](C)(C4)C5)nn3)c(F)c2)cnn1. The van der Waals surface area contributed by atoms with E-state index < -0.39 is 5.82 Å². The van der Waals surface area contributed by atoms with Gasteiger partial charge in [0.25, 0.3) is 0 Å². The van der Waals surface area contributed by atoms with Gasteiger partial charge in [-0.25, -0.2) is 4.39 Å². The summed E-state index contributed by atoms with van der Waals surface area (Å²) in [6.45, 7) is 4.73. The summed E-state index contributed by atoms with van der Waals surface area (Å²) in [5.41, 5.74) is 1.87. The number of phenols is 1. The Morgan fingerprint density at radius 3 is 2.38 bits per heavy atom. The van der Waals surface area contributed by atoms with Crippen molar-refractivity contribution in [2.75, 3.05) is 7.11 Å². The van der Waals surface area contributed by atoms with Crippen LogP contribution < -0.4 is 9.47 Å². The van der Waals surface area contributed by atoms with Gasteiger partial charge in [0.15, 0.2) is 0 Å². The van der Waals surface area contributed by atoms with Gasteiger partial charge >= 0.3 is 0 Å². The fraction of sp³-hybridized carbons (Fsp3) is 0.462. The van der Waals surface area contributed by atoms with Crippen molar-refractivity contribution in [2.45, 2.75) is 58.5 Å². The van der Waals surface area contributed by atoms with Gasteiger partial charge in [0.2, 0.25) is 11.8 Å². The highest BCUT2D eigenvalue weighted by atomic mass is 19.1. The lowest BCUT2D eigenvalue weighted by molar-refractivity contribution is -0.0421. The van der Waals surface area contributed by atoms with Crippen LogP contribution in [0.2, 0.25) is 0 Å². The second-order valence-corrected chi connectivity index (χ2v) is 10.4. The van der Waals surface area contributed by atoms with Gasteiger partial charge in [-0.05, 0) is 66.7 Å². The van der Waals surface area contributed by atoms with E-state index in [2.05, 4.69) is 34.2 Å². The van der Waals surface area contributed by atoms with E-state index in [1.54, 1.807) is 18.2 Å². The van der Waals surface area contributed by atoms with Gasteiger partial charge in [-0.1, -0.05) is 20.3 Å². The molecule has 178 valence electrons. The Hall–Kier alpha value is -3.29. The molecule has 0 radical (unpaired) electrons. The van der Waals surface area contributed by atoms with Gasteiger partial charge in [0.05, 0.1) is 24.6 Å². The zero-order chi connectivity index (χ0) is 23.9. The highest BCUT2D eigenvalue weighted by molar-refractivity contribution is 5.74. The van der Waals surface area contributed by atoms with Gasteiger partial charge < -0.3 is 14.6 Å². The normalized spacial score (nSPS) is 26.2. The summed E-state index contributed by atoms with van der Waals surface area (Å²) < 4.78 is 26.3. The highest BCUT2D eigenvalue weighted by Gasteiger charge is 2.47. The Morgan fingerprint density at radius 1 is 0.971 bits per heavy atom. The van der Waals surface area contributed by atoms with Crippen LogP contribution in [0, 0.1) is 16.6 Å². The summed E-state index contributed by atoms with van der Waals surface area (Å²) >= 11 is 0. The summed E-state index contributed by atoms with van der Waals surface area (Å²) in [7, 11) is 1.47. The van der Waals surface area contributed by atoms with Crippen LogP contribution in [0.4, 0.5) is 4.39 Å². The predicted molar refractivity (Wildman–Crippen MR) is 125 cm³/mol. The summed E-state index contributed by atoms with van der Waals surface area (Å²) in [6, 6.07) is 7.72. The van der Waals surface area contributed by atoms with Crippen molar-refractivity contribution < 1.29 is 19.0 Å². The Morgan fingerprint density at radius 2 is 1.74 bits per heavy atom. The molecular weight excluding hydrogens is 435 g/mol. The summed E-state index contributed by atoms with van der Waals surface area (Å²) in [5.74, 6) is -0.135. The molecule has 3 aromatic rings. The maximum atomic E-state index is 15.0. The third-order valence-electron chi connectivity index (χ3n) is 7.28. The minimum absolute atomic E-state index is 0.0102. The molecule has 2 bridgehead atoms. The molecule has 2 saturated carbocycles. The Balaban J connectivity index is 1.35. The first-order chi connectivity index (χ1) is 16.3. The van der Waals surface area contributed by atoms with Crippen LogP contribution in [-0.4, -0.2) is 38.7 Å². The van der Waals surface area contributed by atoms with Gasteiger partial charge in [-0.2, -0.15) is 5.10 Å². The fourth-order valence-electron chi connectivity index (χ4n) is 6.06. The zero-order valence-corrected chi connectivity index (χ0v) is 19.7. The number of aromatic hydroxyl groups is 1. The third-order valence-corrected chi connectivity index (χ3v) is 7.28. The molecule has 5 rings (SSSR count). The molecule has 0 spiro atoms. The molecule has 0 amide bonds. The average Bonchev–Trinajstić information content (AvgIpc) is 2.78. The maximum Gasteiger partial charge on any atom is 0.233 e. The number of aromatic nitrogens is 4. The molecule has 0 saturated heterocycles. The monoisotopic (exact) mass is 464 g/mol. The van der Waals surface area contributed by atoms with Crippen LogP contribution in [-0.2, 0) is 0 Å². The molecule has 2 heterocycles. The van der Waals surface area contributed by atoms with Crippen LogP contribution in [0.15, 0.2) is 36.5 Å². The first kappa shape index (κ1) is 22.5. The van der Waals surface area contributed by atoms with Crippen molar-refractivity contribution in [1.82, 2.24) is 20.4 Å². The molecule has 2 aliphatic rings. The second-order valence-electron chi connectivity index (χ2n) is 10.4. The number of benzene rings is 1. The molecule has 8 heteroatoms. The summed E-state index contributed by atoms with van der Waals surface area (Å²) in [5, 5.41) is 26.6. The molecule has 2 aliphatic carbocycles. The summed E-state index contributed by atoms with van der Waals surface area (Å²) in [6.07, 6.45) is 8.61. The maximum absolute atomic E-state index is 15.0. The van der Waals surface area contributed by atoms with Crippen molar-refractivity contribution in [3.05, 3.63) is 42.3 Å². The standard InChI is InChI=1S/C26H29FN4O3/c1-25-7-4-8-26(2,15-25)13-18(12-25)34-22-6-5-20(29-31-22)24-19(27)9-16(10-21(24)32)17-11-23(33-3)30-28-14-17/h5-6,9-11,14,18,32H,4,7-8,12-13,15H2,1-3H3/t18?,25-,26+. The van der Waals surface area contributed by atoms with Crippen LogP contribution >= 0.6 is 0 Å². The quantitative estimate of drug-likeness (QED) is 0.527. The number of hydrogen-bond donors (Lipinski definition) is 1. The van der Waals surface area contributed by atoms with Crippen LogP contribution in [0.5, 0.6) is 17.5 Å². The van der Waals surface area contributed by atoms with E-state index in [1.165, 1.54) is 51.1 Å². The summed E-state index contributed by atoms with van der Waals surface area (Å²) in [4.78, 5) is 0. The van der Waals surface area contributed by atoms with Gasteiger partial charge in [-0.15, -0.1) is 15.3 Å². The van der Waals surface area contributed by atoms with Crippen molar-refractivity contribution in [3.8, 4) is 39.9 Å². The van der Waals surface area contributed by atoms with E-state index in [-0.39, 0.29) is 23.1 Å². The number of phenolic OH excluding ortho intramolecular Hbond substituents is 1. The molecule has 1 N–H and O–H groups in total. The van der Waals surface area contributed by atoms with Gasteiger partial charge in [0.1, 0.15) is 17.7 Å². The van der Waals surface area contributed by atoms with E-state index >= 15 is 4.39 Å². The number of ether oxygens (including phenoxy) is 2. The molecule has 2 aromatic heterocycles. The Bertz CT molecular complexity index is 1160. The molecular formula is C26H29FN4O3. The number of methoxy groups -OCH3 is 1. The predicted octanol–water partition coefficient (Wildman–Crippen LogP) is 5.58. The lowest BCUT2D eigenvalue weighted by atomic mass is 9.55. The smallest absolute Gasteiger partial charge is 0.233 e. The highest BCUT2D eigenvalue weighted by Crippen LogP contribution is 2.55. The minimum atomic E-state index is -0.616. The van der Waals surface area contributed by atoms with Crippen LogP contribution in [0.25, 0.3) is 22.4 Å². The number of rotatable bonds is 5. The van der Waals surface area contributed by atoms with Gasteiger partial charge in [-0.3, -0.25) is 0 Å². The second kappa shape index (κ2) is 8.49. The average molecular weight is 465 g/mol. The number of halogens is 1. The molecule has 2 fully saturated rings. The van der Waals surface area contributed by atoms with Crippen molar-refractivity contribution >= 4 is 0 Å². The van der Waals surface area contributed by atoms with E-state index in [9.17, 15) is 5.11 Å². The lowest BCUT2D eigenvalue weighted by Gasteiger charge is -2.51. The lowest BCUT2D eigenvalue weighted by Crippen LogP contribution is -2.45. The topological polar surface area (TPSA) is 90.2 Å². The van der Waals surface area contributed by atoms with Crippen molar-refractivity contribution in [3.63, 3.8) is 0 Å². The van der Waals surface area contributed by atoms with E-state index in [0.29, 0.717) is 33.7 Å². The number of fused-ring (bicyclic) bond motifs is 2. The van der Waals surface area contributed by atoms with Crippen LogP contribution in [0.3, 0.4) is 0 Å². The fourth-order valence-corrected chi connectivity index (χ4v) is 6.06. The number of hydrogen-bond acceptors (Lipinski definition) is 7. The van der Waals surface area contributed by atoms with E-state index in [4.69, 9.17) is 9.47 Å². The van der Waals surface area contributed by atoms with Gasteiger partial charge in [0, 0.05) is 17.7 Å². The molecule has 1 aromatic carbocycles. The van der Waals surface area contributed by atoms with Crippen molar-refractivity contribution in [1.29, 1.82) is 0 Å². The first-order valence-electron chi connectivity index (χ1n) is 11.7. The largest absolute Gasteiger partial charge is 0.507 e. The Labute approximate surface area is 198 Å². The number of nitrogens with zero attached hydrogens (tertiary/aromatic N) is 4. The van der Waals surface area contributed by atoms with Crippen molar-refractivity contribution in [2.24, 2.45) is 10.8 Å². The Kier molecular flexibility index (Phi) is 5.62. The molecule has 1 unspecified atom stereocenters. The molecule has 0 aliphatic heterocycles. The van der Waals surface area contributed by atoms with Crippen LogP contribution in [0.1, 0.15) is 52.4 Å². The van der Waals surface area contributed by atoms with E-state index in [0.717, 1.165) is 12.8 Å². The molecule has 7 nitrogen and oxygen atoms in total. The zero-order valence-electron chi connectivity index (χ0n) is 19.7. The molecule has 34 heavy (non-hydrogen) atoms. The molecule has 3 atom stereocenters. The van der Waals surface area contributed by atoms with E-state index in [1.807, 2.05) is 0 Å². The third kappa shape index (κ3) is 4.41. The minimum Gasteiger partial charge on any atom is -0.507 e. The first-order valence-corrected chi connectivity index (χ1v) is 11.7.